The molecule has 3 atom stereocenters. The van der Waals surface area contributed by atoms with E-state index in [0.717, 1.165) is 25.3 Å². The van der Waals surface area contributed by atoms with E-state index in [4.69, 9.17) is 0 Å². The molecule has 2 rings (SSSR count). The number of carboxylic acid groups (broad SMARTS) is 1. The molecule has 2 N–H and O–H groups in total. The Hall–Kier alpha value is -0.570. The van der Waals surface area contributed by atoms with Gasteiger partial charge in [-0.05, 0) is 30.1 Å². The normalized spacial score (nSPS) is 39.4. The average molecular weight is 225 g/mol. The van der Waals surface area contributed by atoms with Crippen molar-refractivity contribution in [2.75, 3.05) is 13.1 Å². The summed E-state index contributed by atoms with van der Waals surface area (Å²) in [5, 5.41) is 12.6. The molecule has 0 aromatic carbocycles. The first-order valence-electron chi connectivity index (χ1n) is 6.49. The zero-order valence-corrected chi connectivity index (χ0v) is 10.3. The van der Waals surface area contributed by atoms with Gasteiger partial charge >= 0.3 is 5.97 Å². The Balaban J connectivity index is 2.14. The van der Waals surface area contributed by atoms with E-state index >= 15 is 0 Å². The van der Waals surface area contributed by atoms with Crippen LogP contribution in [-0.4, -0.2) is 24.2 Å². The van der Waals surface area contributed by atoms with Gasteiger partial charge in [-0.3, -0.25) is 4.79 Å². The van der Waals surface area contributed by atoms with E-state index in [0.29, 0.717) is 12.5 Å². The van der Waals surface area contributed by atoms with E-state index in [1.54, 1.807) is 0 Å². The van der Waals surface area contributed by atoms with Crippen LogP contribution in [0, 0.1) is 23.2 Å². The Morgan fingerprint density at radius 2 is 2.25 bits per heavy atom. The maximum absolute atomic E-state index is 11.3. The lowest BCUT2D eigenvalue weighted by molar-refractivity contribution is -0.146. The van der Waals surface area contributed by atoms with Crippen LogP contribution in [0.5, 0.6) is 0 Å². The molecule has 0 radical (unpaired) electrons. The molecule has 1 heterocycles. The topological polar surface area (TPSA) is 49.3 Å². The van der Waals surface area contributed by atoms with Crippen LogP contribution >= 0.6 is 0 Å². The monoisotopic (exact) mass is 225 g/mol. The summed E-state index contributed by atoms with van der Waals surface area (Å²) in [6.07, 6.45) is 4.69. The molecule has 92 valence electrons. The molecule has 0 aromatic rings. The van der Waals surface area contributed by atoms with Crippen LogP contribution in [0.2, 0.25) is 0 Å². The van der Waals surface area contributed by atoms with Gasteiger partial charge in [0.15, 0.2) is 0 Å². The number of carboxylic acids is 1. The van der Waals surface area contributed by atoms with Crippen LogP contribution in [-0.2, 0) is 4.79 Å². The van der Waals surface area contributed by atoms with E-state index in [-0.39, 0.29) is 11.3 Å². The van der Waals surface area contributed by atoms with Crippen LogP contribution in [0.25, 0.3) is 0 Å². The third-order valence-corrected chi connectivity index (χ3v) is 4.72. The summed E-state index contributed by atoms with van der Waals surface area (Å²) in [5.41, 5.74) is 0.0546. The van der Waals surface area contributed by atoms with Crippen molar-refractivity contribution in [1.29, 1.82) is 0 Å². The smallest absolute Gasteiger partial charge is 0.308 e. The van der Waals surface area contributed by atoms with Crippen molar-refractivity contribution in [3.05, 3.63) is 0 Å². The Kier molecular flexibility index (Phi) is 3.24. The van der Waals surface area contributed by atoms with E-state index in [2.05, 4.69) is 19.2 Å². The van der Waals surface area contributed by atoms with E-state index in [1.165, 1.54) is 12.8 Å². The Bertz CT molecular complexity index is 277. The van der Waals surface area contributed by atoms with Gasteiger partial charge in [0.25, 0.3) is 0 Å². The van der Waals surface area contributed by atoms with Crippen molar-refractivity contribution >= 4 is 5.97 Å². The summed E-state index contributed by atoms with van der Waals surface area (Å²) in [6, 6.07) is 0. The van der Waals surface area contributed by atoms with Crippen molar-refractivity contribution in [1.82, 2.24) is 5.32 Å². The zero-order chi connectivity index (χ0) is 11.8. The predicted molar refractivity (Wildman–Crippen MR) is 63.2 cm³/mol. The Morgan fingerprint density at radius 3 is 2.88 bits per heavy atom. The minimum absolute atomic E-state index is 0.0546. The molecule has 2 aliphatic rings. The molecular formula is C13H23NO2. The number of aliphatic carboxylic acids is 1. The van der Waals surface area contributed by atoms with Crippen LogP contribution in [0.4, 0.5) is 0 Å². The van der Waals surface area contributed by atoms with Gasteiger partial charge < -0.3 is 10.4 Å². The van der Waals surface area contributed by atoms with Gasteiger partial charge in [0.1, 0.15) is 0 Å². The van der Waals surface area contributed by atoms with Crippen molar-refractivity contribution in [3.8, 4) is 0 Å². The highest BCUT2D eigenvalue weighted by Gasteiger charge is 2.49. The largest absolute Gasteiger partial charge is 0.481 e. The van der Waals surface area contributed by atoms with Gasteiger partial charge in [0.2, 0.25) is 0 Å². The number of hydrogen-bond donors (Lipinski definition) is 2. The summed E-state index contributed by atoms with van der Waals surface area (Å²) in [5.74, 6) is 0.645. The summed E-state index contributed by atoms with van der Waals surface area (Å²) in [6.45, 7) is 6.11. The fourth-order valence-corrected chi connectivity index (χ4v) is 3.64. The quantitative estimate of drug-likeness (QED) is 0.757. The van der Waals surface area contributed by atoms with Crippen LogP contribution < -0.4 is 5.32 Å². The van der Waals surface area contributed by atoms with E-state index in [9.17, 15) is 9.90 Å². The van der Waals surface area contributed by atoms with Crippen LogP contribution in [0.15, 0.2) is 0 Å². The molecule has 3 unspecified atom stereocenters. The van der Waals surface area contributed by atoms with Crippen LogP contribution in [0.3, 0.4) is 0 Å². The number of carbonyl (C=O) groups is 1. The first-order valence-corrected chi connectivity index (χ1v) is 6.49. The first kappa shape index (κ1) is 11.9. The maximum atomic E-state index is 11.3. The number of hydrogen-bond acceptors (Lipinski definition) is 2. The first-order chi connectivity index (χ1) is 7.55. The molecule has 1 spiro atoms. The average Bonchev–Trinajstić information content (AvgIpc) is 2.61. The Morgan fingerprint density at radius 1 is 1.50 bits per heavy atom. The van der Waals surface area contributed by atoms with Gasteiger partial charge in [0.05, 0.1) is 5.92 Å². The molecule has 2 fully saturated rings. The molecule has 0 amide bonds. The lowest BCUT2D eigenvalue weighted by atomic mass is 9.62. The third kappa shape index (κ3) is 1.97. The SMILES string of the molecule is CC(C)C1CCCC2(CNCC2C(=O)O)C1. The Labute approximate surface area is 97.6 Å². The second-order valence-electron chi connectivity index (χ2n) is 5.98. The van der Waals surface area contributed by atoms with Gasteiger partial charge in [-0.25, -0.2) is 0 Å². The summed E-state index contributed by atoms with van der Waals surface area (Å²) in [7, 11) is 0. The van der Waals surface area contributed by atoms with Crippen molar-refractivity contribution in [2.24, 2.45) is 23.2 Å². The highest BCUT2D eigenvalue weighted by Crippen LogP contribution is 2.48. The summed E-state index contributed by atoms with van der Waals surface area (Å²) >= 11 is 0. The highest BCUT2D eigenvalue weighted by atomic mass is 16.4. The lowest BCUT2D eigenvalue weighted by Gasteiger charge is -2.41. The maximum Gasteiger partial charge on any atom is 0.308 e. The molecule has 16 heavy (non-hydrogen) atoms. The minimum atomic E-state index is -0.602. The van der Waals surface area contributed by atoms with Crippen molar-refractivity contribution < 1.29 is 9.90 Å². The molecular weight excluding hydrogens is 202 g/mol. The lowest BCUT2D eigenvalue weighted by Crippen LogP contribution is -2.40. The van der Waals surface area contributed by atoms with Gasteiger partial charge in [0, 0.05) is 13.1 Å². The van der Waals surface area contributed by atoms with Crippen LogP contribution in [0.1, 0.15) is 39.5 Å². The zero-order valence-electron chi connectivity index (χ0n) is 10.3. The second-order valence-corrected chi connectivity index (χ2v) is 5.98. The van der Waals surface area contributed by atoms with Crippen molar-refractivity contribution in [3.63, 3.8) is 0 Å². The molecule has 1 saturated heterocycles. The van der Waals surface area contributed by atoms with Gasteiger partial charge in [-0.1, -0.05) is 26.7 Å². The fourth-order valence-electron chi connectivity index (χ4n) is 3.64. The minimum Gasteiger partial charge on any atom is -0.481 e. The summed E-state index contributed by atoms with van der Waals surface area (Å²) < 4.78 is 0. The number of rotatable bonds is 2. The second kappa shape index (κ2) is 4.36. The predicted octanol–water partition coefficient (Wildman–Crippen LogP) is 2.12. The molecule has 0 bridgehead atoms. The van der Waals surface area contributed by atoms with Gasteiger partial charge in [-0.15, -0.1) is 0 Å². The molecule has 1 aliphatic carbocycles. The van der Waals surface area contributed by atoms with E-state index < -0.39 is 5.97 Å². The molecule has 1 aliphatic heterocycles. The third-order valence-electron chi connectivity index (χ3n) is 4.72. The summed E-state index contributed by atoms with van der Waals surface area (Å²) in [4.78, 5) is 11.3. The number of nitrogens with one attached hydrogen (secondary N) is 1. The highest BCUT2D eigenvalue weighted by molar-refractivity contribution is 5.72. The molecule has 1 saturated carbocycles. The fraction of sp³-hybridized carbons (Fsp3) is 0.923. The van der Waals surface area contributed by atoms with Crippen molar-refractivity contribution in [2.45, 2.75) is 39.5 Å². The van der Waals surface area contributed by atoms with E-state index in [1.807, 2.05) is 0 Å². The molecule has 3 heteroatoms. The molecule has 3 nitrogen and oxygen atoms in total. The molecule has 0 aromatic heterocycles. The van der Waals surface area contributed by atoms with Gasteiger partial charge in [-0.2, -0.15) is 0 Å². The standard InChI is InChI=1S/C13H23NO2/c1-9(2)10-4-3-5-13(6-10)8-14-7-11(13)12(15)16/h9-11,14H,3-8H2,1-2H3,(H,15,16).